The van der Waals surface area contributed by atoms with Crippen molar-refractivity contribution < 1.29 is 9.21 Å². The highest BCUT2D eigenvalue weighted by Crippen LogP contribution is 2.09. The zero-order valence-corrected chi connectivity index (χ0v) is 11.4. The minimum atomic E-state index is -0.00407. The van der Waals surface area contributed by atoms with Gasteiger partial charge in [-0.3, -0.25) is 4.79 Å². The first-order valence-electron chi connectivity index (χ1n) is 6.05. The molecule has 0 fully saturated rings. The van der Waals surface area contributed by atoms with Crippen LogP contribution in [0.1, 0.15) is 23.6 Å². The third kappa shape index (κ3) is 4.41. The van der Waals surface area contributed by atoms with E-state index < -0.39 is 0 Å². The Bertz CT molecular complexity index is 549. The van der Waals surface area contributed by atoms with E-state index in [4.69, 9.17) is 16.0 Å². The van der Waals surface area contributed by atoms with Gasteiger partial charge in [-0.25, -0.2) is 4.98 Å². The maximum atomic E-state index is 11.7. The molecule has 0 saturated carbocycles. The van der Waals surface area contributed by atoms with E-state index in [0.29, 0.717) is 30.3 Å². The van der Waals surface area contributed by atoms with Gasteiger partial charge in [-0.15, -0.1) is 0 Å². The summed E-state index contributed by atoms with van der Waals surface area (Å²) in [7, 11) is 0. The van der Waals surface area contributed by atoms with Gasteiger partial charge in [-0.05, 0) is 17.7 Å². The standard InChI is InChI=1S/C14H15ClN2O2/c1-10-17-13(9-19-10)6-7-14(18)16-8-11-2-4-12(15)5-3-11/h2-5,9H,6-8H2,1H3,(H,16,18). The van der Waals surface area contributed by atoms with Gasteiger partial charge in [0.1, 0.15) is 6.26 Å². The Morgan fingerprint density at radius 3 is 2.74 bits per heavy atom. The predicted octanol–water partition coefficient (Wildman–Crippen LogP) is 2.89. The maximum Gasteiger partial charge on any atom is 0.220 e. The molecular weight excluding hydrogens is 264 g/mol. The van der Waals surface area contributed by atoms with Crippen molar-refractivity contribution in [2.45, 2.75) is 26.3 Å². The van der Waals surface area contributed by atoms with Crippen LogP contribution in [0.5, 0.6) is 0 Å². The molecule has 1 N–H and O–H groups in total. The normalized spacial score (nSPS) is 10.4. The minimum absolute atomic E-state index is 0.00407. The van der Waals surface area contributed by atoms with Crippen molar-refractivity contribution in [3.8, 4) is 0 Å². The smallest absolute Gasteiger partial charge is 0.220 e. The number of oxazole rings is 1. The molecule has 5 heteroatoms. The Morgan fingerprint density at radius 1 is 1.37 bits per heavy atom. The number of aromatic nitrogens is 1. The summed E-state index contributed by atoms with van der Waals surface area (Å²) >= 11 is 5.79. The Balaban J connectivity index is 1.74. The summed E-state index contributed by atoms with van der Waals surface area (Å²) in [5, 5.41) is 3.55. The number of hydrogen-bond acceptors (Lipinski definition) is 3. The summed E-state index contributed by atoms with van der Waals surface area (Å²) in [4.78, 5) is 15.8. The molecule has 1 aromatic carbocycles. The number of benzene rings is 1. The Morgan fingerprint density at radius 2 is 2.11 bits per heavy atom. The molecule has 0 aliphatic carbocycles. The fraction of sp³-hybridized carbons (Fsp3) is 0.286. The van der Waals surface area contributed by atoms with E-state index in [2.05, 4.69) is 10.3 Å². The van der Waals surface area contributed by atoms with E-state index >= 15 is 0 Å². The largest absolute Gasteiger partial charge is 0.449 e. The molecule has 100 valence electrons. The number of aryl methyl sites for hydroxylation is 2. The van der Waals surface area contributed by atoms with Crippen LogP contribution in [0.4, 0.5) is 0 Å². The van der Waals surface area contributed by atoms with Crippen LogP contribution in [0.3, 0.4) is 0 Å². The van der Waals surface area contributed by atoms with Crippen molar-refractivity contribution >= 4 is 17.5 Å². The fourth-order valence-corrected chi connectivity index (χ4v) is 1.78. The first-order chi connectivity index (χ1) is 9.13. The maximum absolute atomic E-state index is 11.7. The lowest BCUT2D eigenvalue weighted by atomic mass is 10.2. The van der Waals surface area contributed by atoms with Crippen LogP contribution in [0.2, 0.25) is 5.02 Å². The van der Waals surface area contributed by atoms with Gasteiger partial charge >= 0.3 is 0 Å². The Hall–Kier alpha value is -1.81. The first kappa shape index (κ1) is 13.6. The van der Waals surface area contributed by atoms with Crippen molar-refractivity contribution in [1.82, 2.24) is 10.3 Å². The number of amides is 1. The van der Waals surface area contributed by atoms with Crippen molar-refractivity contribution in [2.75, 3.05) is 0 Å². The van der Waals surface area contributed by atoms with E-state index in [-0.39, 0.29) is 5.91 Å². The molecular formula is C14H15ClN2O2. The van der Waals surface area contributed by atoms with Crippen LogP contribution >= 0.6 is 11.6 Å². The van der Waals surface area contributed by atoms with Crippen molar-refractivity contribution in [1.29, 1.82) is 0 Å². The summed E-state index contributed by atoms with van der Waals surface area (Å²) < 4.78 is 5.08. The second-order valence-corrected chi connectivity index (χ2v) is 4.70. The molecule has 0 aliphatic heterocycles. The van der Waals surface area contributed by atoms with Crippen LogP contribution in [0.15, 0.2) is 34.9 Å². The molecule has 0 unspecified atom stereocenters. The van der Waals surface area contributed by atoms with Gasteiger partial charge in [0.2, 0.25) is 5.91 Å². The zero-order chi connectivity index (χ0) is 13.7. The monoisotopic (exact) mass is 278 g/mol. The van der Waals surface area contributed by atoms with Crippen LogP contribution in [0.25, 0.3) is 0 Å². The van der Waals surface area contributed by atoms with Crippen LogP contribution < -0.4 is 5.32 Å². The number of nitrogens with one attached hydrogen (secondary N) is 1. The van der Waals surface area contributed by atoms with Gasteiger partial charge in [0.05, 0.1) is 5.69 Å². The average Bonchev–Trinajstić information content (AvgIpc) is 2.81. The lowest BCUT2D eigenvalue weighted by Crippen LogP contribution is -2.22. The second kappa shape index (κ2) is 6.38. The van der Waals surface area contributed by atoms with E-state index in [1.807, 2.05) is 12.1 Å². The molecule has 1 aromatic heterocycles. The van der Waals surface area contributed by atoms with Crippen molar-refractivity contribution in [3.63, 3.8) is 0 Å². The lowest BCUT2D eigenvalue weighted by molar-refractivity contribution is -0.121. The zero-order valence-electron chi connectivity index (χ0n) is 10.6. The lowest BCUT2D eigenvalue weighted by Gasteiger charge is -2.04. The third-order valence-corrected chi connectivity index (χ3v) is 2.93. The highest BCUT2D eigenvalue weighted by molar-refractivity contribution is 6.30. The van der Waals surface area contributed by atoms with Gasteiger partial charge < -0.3 is 9.73 Å². The minimum Gasteiger partial charge on any atom is -0.449 e. The van der Waals surface area contributed by atoms with Gasteiger partial charge in [-0.1, -0.05) is 23.7 Å². The number of carbonyl (C=O) groups excluding carboxylic acids is 1. The van der Waals surface area contributed by atoms with Gasteiger partial charge in [-0.2, -0.15) is 0 Å². The summed E-state index contributed by atoms with van der Waals surface area (Å²) in [5.41, 5.74) is 1.83. The summed E-state index contributed by atoms with van der Waals surface area (Å²) in [5.74, 6) is 0.618. The van der Waals surface area contributed by atoms with Crippen LogP contribution in [-0.2, 0) is 17.8 Å². The molecule has 0 radical (unpaired) electrons. The number of carbonyl (C=O) groups is 1. The molecule has 19 heavy (non-hydrogen) atoms. The van der Waals surface area contributed by atoms with E-state index in [1.165, 1.54) is 0 Å². The van der Waals surface area contributed by atoms with E-state index in [9.17, 15) is 4.79 Å². The number of rotatable bonds is 5. The quantitative estimate of drug-likeness (QED) is 0.915. The summed E-state index contributed by atoms with van der Waals surface area (Å²) in [6, 6.07) is 7.40. The molecule has 0 spiro atoms. The van der Waals surface area contributed by atoms with Crippen LogP contribution in [-0.4, -0.2) is 10.9 Å². The van der Waals surface area contributed by atoms with Crippen molar-refractivity contribution in [3.05, 3.63) is 52.7 Å². The Labute approximate surface area is 116 Å². The second-order valence-electron chi connectivity index (χ2n) is 4.26. The van der Waals surface area contributed by atoms with E-state index in [0.717, 1.165) is 11.3 Å². The fourth-order valence-electron chi connectivity index (χ4n) is 1.66. The van der Waals surface area contributed by atoms with Gasteiger partial charge in [0, 0.05) is 31.3 Å². The topological polar surface area (TPSA) is 55.1 Å². The number of nitrogens with zero attached hydrogens (tertiary/aromatic N) is 1. The van der Waals surface area contributed by atoms with Crippen LogP contribution in [0, 0.1) is 6.92 Å². The van der Waals surface area contributed by atoms with E-state index in [1.54, 1.807) is 25.3 Å². The molecule has 1 heterocycles. The molecule has 4 nitrogen and oxygen atoms in total. The number of hydrogen-bond donors (Lipinski definition) is 1. The average molecular weight is 279 g/mol. The first-order valence-corrected chi connectivity index (χ1v) is 6.43. The Kier molecular flexibility index (Phi) is 4.58. The predicted molar refractivity (Wildman–Crippen MR) is 72.9 cm³/mol. The third-order valence-electron chi connectivity index (χ3n) is 2.68. The highest BCUT2D eigenvalue weighted by Gasteiger charge is 2.05. The molecule has 0 aliphatic rings. The molecule has 2 aromatic rings. The summed E-state index contributed by atoms with van der Waals surface area (Å²) in [6.07, 6.45) is 2.57. The number of halogens is 1. The SMILES string of the molecule is Cc1nc(CCC(=O)NCc2ccc(Cl)cc2)co1. The van der Waals surface area contributed by atoms with Gasteiger partial charge in [0.25, 0.3) is 0 Å². The molecule has 0 bridgehead atoms. The van der Waals surface area contributed by atoms with Gasteiger partial charge in [0.15, 0.2) is 5.89 Å². The molecule has 0 atom stereocenters. The molecule has 0 saturated heterocycles. The van der Waals surface area contributed by atoms with Crippen molar-refractivity contribution in [2.24, 2.45) is 0 Å². The highest BCUT2D eigenvalue weighted by atomic mass is 35.5. The molecule has 2 rings (SSSR count). The molecule has 1 amide bonds. The summed E-state index contributed by atoms with van der Waals surface area (Å²) in [6.45, 7) is 2.29.